The molecular weight excluding hydrogens is 307 g/mol. The Hall–Kier alpha value is -2.53. The van der Waals surface area contributed by atoms with Crippen LogP contribution in [0.1, 0.15) is 5.76 Å². The molecule has 1 aromatic heterocycles. The number of nitrogens with one attached hydrogen (secondary N) is 1. The molecule has 2 rings (SSSR count). The second kappa shape index (κ2) is 5.46. The molecule has 0 amide bonds. The number of nitrogen functional groups attached to an aromatic ring is 1. The zero-order valence-corrected chi connectivity index (χ0v) is 11.1. The van der Waals surface area contributed by atoms with Gasteiger partial charge in [-0.1, -0.05) is 5.16 Å². The number of aromatic nitrogens is 1. The summed E-state index contributed by atoms with van der Waals surface area (Å²) in [6.07, 6.45) is 1.31. The van der Waals surface area contributed by atoms with Crippen LogP contribution in [0, 0.1) is 15.9 Å². The number of sulfonamides is 1. The number of rotatable bonds is 5. The molecule has 0 spiro atoms. The highest BCUT2D eigenvalue weighted by Gasteiger charge is 2.25. The minimum absolute atomic E-state index is 0.208. The fourth-order valence-electron chi connectivity index (χ4n) is 1.56. The SMILES string of the molecule is Nc1cc([N+](=O)[O-])cc(F)c1S(=O)(=O)NCc1ccno1. The van der Waals surface area contributed by atoms with Gasteiger partial charge in [0.1, 0.15) is 4.90 Å². The number of halogens is 1. The first kappa shape index (κ1) is 14.9. The van der Waals surface area contributed by atoms with E-state index in [-0.39, 0.29) is 12.3 Å². The Labute approximate surface area is 117 Å². The summed E-state index contributed by atoms with van der Waals surface area (Å²) in [5.74, 6) is -1.11. The molecule has 0 saturated carbocycles. The van der Waals surface area contributed by atoms with E-state index >= 15 is 0 Å². The molecule has 0 aliphatic heterocycles. The van der Waals surface area contributed by atoms with E-state index < -0.39 is 37.0 Å². The van der Waals surface area contributed by atoms with E-state index in [9.17, 15) is 22.9 Å². The van der Waals surface area contributed by atoms with Gasteiger partial charge in [-0.15, -0.1) is 0 Å². The van der Waals surface area contributed by atoms with Crippen LogP contribution in [0.4, 0.5) is 15.8 Å². The van der Waals surface area contributed by atoms with Gasteiger partial charge in [0.05, 0.1) is 29.4 Å². The number of benzene rings is 1. The highest BCUT2D eigenvalue weighted by atomic mass is 32.2. The van der Waals surface area contributed by atoms with Crippen LogP contribution in [-0.4, -0.2) is 18.5 Å². The summed E-state index contributed by atoms with van der Waals surface area (Å²) in [7, 11) is -4.30. The number of nitro groups is 1. The van der Waals surface area contributed by atoms with Gasteiger partial charge in [-0.05, 0) is 0 Å². The molecule has 3 N–H and O–H groups in total. The number of nitrogens with zero attached hydrogens (tertiary/aromatic N) is 2. The molecular formula is C10H9FN4O5S. The van der Waals surface area contributed by atoms with Gasteiger partial charge in [0.25, 0.3) is 5.69 Å². The Morgan fingerprint density at radius 2 is 2.19 bits per heavy atom. The maximum atomic E-state index is 13.8. The fourth-order valence-corrected chi connectivity index (χ4v) is 2.72. The lowest BCUT2D eigenvalue weighted by molar-refractivity contribution is -0.385. The normalized spacial score (nSPS) is 11.5. The highest BCUT2D eigenvalue weighted by Crippen LogP contribution is 2.27. The number of hydrogen-bond donors (Lipinski definition) is 2. The van der Waals surface area contributed by atoms with Crippen molar-refractivity contribution in [1.29, 1.82) is 0 Å². The van der Waals surface area contributed by atoms with E-state index in [1.54, 1.807) is 0 Å². The Balaban J connectivity index is 2.33. The van der Waals surface area contributed by atoms with Crippen LogP contribution in [0.15, 0.2) is 33.8 Å². The molecule has 0 atom stereocenters. The van der Waals surface area contributed by atoms with Crippen molar-refractivity contribution in [2.24, 2.45) is 0 Å². The van der Waals surface area contributed by atoms with Crippen LogP contribution in [0.25, 0.3) is 0 Å². The summed E-state index contributed by atoms with van der Waals surface area (Å²) in [5.41, 5.74) is 4.19. The van der Waals surface area contributed by atoms with E-state index in [2.05, 4.69) is 14.4 Å². The average molecular weight is 316 g/mol. The lowest BCUT2D eigenvalue weighted by Crippen LogP contribution is -2.25. The van der Waals surface area contributed by atoms with Gasteiger partial charge < -0.3 is 10.3 Å². The zero-order chi connectivity index (χ0) is 15.6. The predicted molar refractivity (Wildman–Crippen MR) is 68.0 cm³/mol. The highest BCUT2D eigenvalue weighted by molar-refractivity contribution is 7.89. The first-order valence-electron chi connectivity index (χ1n) is 5.44. The molecule has 9 nitrogen and oxygen atoms in total. The van der Waals surface area contributed by atoms with Crippen LogP contribution in [0.2, 0.25) is 0 Å². The third-order valence-electron chi connectivity index (χ3n) is 2.46. The van der Waals surface area contributed by atoms with E-state index in [1.807, 2.05) is 0 Å². The molecule has 1 heterocycles. The smallest absolute Gasteiger partial charge is 0.274 e. The molecule has 1 aromatic carbocycles. The first-order valence-corrected chi connectivity index (χ1v) is 6.92. The second-order valence-electron chi connectivity index (χ2n) is 3.91. The molecule has 0 unspecified atom stereocenters. The van der Waals surface area contributed by atoms with Crippen molar-refractivity contribution >= 4 is 21.4 Å². The van der Waals surface area contributed by atoms with Crippen LogP contribution in [0.5, 0.6) is 0 Å². The Kier molecular flexibility index (Phi) is 3.86. The van der Waals surface area contributed by atoms with Crippen molar-refractivity contribution in [2.75, 3.05) is 5.73 Å². The predicted octanol–water partition coefficient (Wildman–Crippen LogP) is 0.783. The fraction of sp³-hybridized carbons (Fsp3) is 0.100. The lowest BCUT2D eigenvalue weighted by Gasteiger charge is -2.09. The van der Waals surface area contributed by atoms with E-state index in [0.29, 0.717) is 6.07 Å². The summed E-state index contributed by atoms with van der Waals surface area (Å²) in [5, 5.41) is 13.9. The molecule has 0 aliphatic carbocycles. The molecule has 0 radical (unpaired) electrons. The van der Waals surface area contributed by atoms with Crippen molar-refractivity contribution in [3.05, 3.63) is 46.1 Å². The third-order valence-corrected chi connectivity index (χ3v) is 3.96. The number of non-ortho nitro benzene ring substituents is 1. The monoisotopic (exact) mass is 316 g/mol. The average Bonchev–Trinajstić information content (AvgIpc) is 2.88. The molecule has 2 aromatic rings. The van der Waals surface area contributed by atoms with Crippen molar-refractivity contribution in [1.82, 2.24) is 9.88 Å². The van der Waals surface area contributed by atoms with Gasteiger partial charge in [-0.2, -0.15) is 0 Å². The number of nitro benzene ring substituents is 1. The standard InChI is InChI=1S/C10H9FN4O5S/c11-8-3-6(15(16)17)4-9(12)10(8)21(18,19)14-5-7-1-2-13-20-7/h1-4,14H,5,12H2. The van der Waals surface area contributed by atoms with Gasteiger partial charge >= 0.3 is 0 Å². The number of anilines is 1. The van der Waals surface area contributed by atoms with Gasteiger partial charge in [0.15, 0.2) is 11.6 Å². The molecule has 11 heteroatoms. The number of hydrogen-bond acceptors (Lipinski definition) is 7. The summed E-state index contributed by atoms with van der Waals surface area (Å²) in [6, 6.07) is 2.67. The maximum Gasteiger partial charge on any atom is 0.274 e. The Morgan fingerprint density at radius 3 is 2.71 bits per heavy atom. The lowest BCUT2D eigenvalue weighted by atomic mass is 10.3. The minimum Gasteiger partial charge on any atom is -0.397 e. The van der Waals surface area contributed by atoms with Gasteiger partial charge in [0, 0.05) is 12.1 Å². The van der Waals surface area contributed by atoms with Crippen LogP contribution in [-0.2, 0) is 16.6 Å². The summed E-state index contributed by atoms with van der Waals surface area (Å²) >= 11 is 0. The quantitative estimate of drug-likeness (QED) is 0.471. The first-order chi connectivity index (χ1) is 9.81. The van der Waals surface area contributed by atoms with Crippen LogP contribution >= 0.6 is 0 Å². The van der Waals surface area contributed by atoms with Crippen molar-refractivity contribution in [3.8, 4) is 0 Å². The number of nitrogens with two attached hydrogens (primary N) is 1. The molecule has 0 bridgehead atoms. The van der Waals surface area contributed by atoms with Crippen LogP contribution < -0.4 is 10.5 Å². The zero-order valence-electron chi connectivity index (χ0n) is 10.3. The summed E-state index contributed by atoms with van der Waals surface area (Å²) in [6.45, 7) is -0.266. The molecule has 0 aliphatic rings. The Bertz CT molecular complexity index is 752. The summed E-state index contributed by atoms with van der Waals surface area (Å²) in [4.78, 5) is 8.82. The molecule has 21 heavy (non-hydrogen) atoms. The van der Waals surface area contributed by atoms with E-state index in [4.69, 9.17) is 5.73 Å². The molecule has 0 fully saturated rings. The van der Waals surface area contributed by atoms with Crippen molar-refractivity contribution < 1.29 is 22.3 Å². The topological polar surface area (TPSA) is 141 Å². The Morgan fingerprint density at radius 1 is 1.48 bits per heavy atom. The summed E-state index contributed by atoms with van der Waals surface area (Å²) < 4.78 is 44.5. The largest absolute Gasteiger partial charge is 0.397 e. The third kappa shape index (κ3) is 3.14. The van der Waals surface area contributed by atoms with Crippen LogP contribution in [0.3, 0.4) is 0 Å². The van der Waals surface area contributed by atoms with E-state index in [0.717, 1.165) is 6.07 Å². The minimum atomic E-state index is -4.30. The second-order valence-corrected chi connectivity index (χ2v) is 5.61. The molecule has 112 valence electrons. The van der Waals surface area contributed by atoms with E-state index in [1.165, 1.54) is 12.3 Å². The van der Waals surface area contributed by atoms with Gasteiger partial charge in [-0.25, -0.2) is 17.5 Å². The van der Waals surface area contributed by atoms with Gasteiger partial charge in [0.2, 0.25) is 10.0 Å². The maximum absolute atomic E-state index is 13.8. The van der Waals surface area contributed by atoms with Crippen molar-refractivity contribution in [3.63, 3.8) is 0 Å². The van der Waals surface area contributed by atoms with Gasteiger partial charge in [-0.3, -0.25) is 10.1 Å². The van der Waals surface area contributed by atoms with Crippen molar-refractivity contribution in [2.45, 2.75) is 11.4 Å². The molecule has 0 saturated heterocycles.